The zero-order valence-electron chi connectivity index (χ0n) is 39.5. The molecule has 0 saturated carbocycles. The zero-order valence-corrected chi connectivity index (χ0v) is 39.5. The Labute approximate surface area is 367 Å². The Morgan fingerprint density at radius 3 is 1.07 bits per heavy atom. The number of unbranched alkanes of at least 4 members (excludes halogenated alkanes) is 35. The molecule has 0 aliphatic rings. The summed E-state index contributed by atoms with van der Waals surface area (Å²) in [4.78, 5) is 12.6. The van der Waals surface area contributed by atoms with Gasteiger partial charge >= 0.3 is 0 Å². The molecule has 0 bridgehead atoms. The van der Waals surface area contributed by atoms with Crippen LogP contribution in [0.3, 0.4) is 0 Å². The van der Waals surface area contributed by atoms with E-state index in [9.17, 15) is 25.2 Å². The van der Waals surface area contributed by atoms with Gasteiger partial charge in [-0.2, -0.15) is 0 Å². The molecule has 0 fully saturated rings. The lowest BCUT2D eigenvalue weighted by atomic mass is 9.99. The van der Waals surface area contributed by atoms with E-state index >= 15 is 0 Å². The first kappa shape index (κ1) is 57.8. The monoisotopic (exact) mass is 834 g/mol. The molecule has 350 valence electrons. The van der Waals surface area contributed by atoms with Crippen molar-refractivity contribution in [2.75, 3.05) is 6.61 Å². The lowest BCUT2D eigenvalue weighted by Gasteiger charge is -2.27. The van der Waals surface area contributed by atoms with Crippen LogP contribution < -0.4 is 5.32 Å². The average molecular weight is 834 g/mol. The van der Waals surface area contributed by atoms with Gasteiger partial charge in [-0.15, -0.1) is 0 Å². The van der Waals surface area contributed by atoms with Crippen LogP contribution in [0.2, 0.25) is 0 Å². The molecule has 59 heavy (non-hydrogen) atoms. The molecule has 1 amide bonds. The first-order valence-corrected chi connectivity index (χ1v) is 26.2. The molecule has 0 heterocycles. The van der Waals surface area contributed by atoms with Crippen molar-refractivity contribution in [2.24, 2.45) is 0 Å². The van der Waals surface area contributed by atoms with Crippen LogP contribution in [-0.2, 0) is 4.79 Å². The summed E-state index contributed by atoms with van der Waals surface area (Å²) in [7, 11) is 0. The molecule has 4 unspecified atom stereocenters. The Hall–Kier alpha value is -1.21. The number of aliphatic hydroxyl groups excluding tert-OH is 4. The lowest BCUT2D eigenvalue weighted by molar-refractivity contribution is -0.132. The summed E-state index contributed by atoms with van der Waals surface area (Å²) < 4.78 is 0. The maximum Gasteiger partial charge on any atom is 0.249 e. The van der Waals surface area contributed by atoms with Gasteiger partial charge in [-0.05, 0) is 44.9 Å². The van der Waals surface area contributed by atoms with E-state index in [-0.39, 0.29) is 0 Å². The third-order valence-corrected chi connectivity index (χ3v) is 12.4. The minimum atomic E-state index is -1.26. The Bertz CT molecular complexity index is 893. The van der Waals surface area contributed by atoms with Gasteiger partial charge in [0, 0.05) is 0 Å². The molecular weight excluding hydrogens is 731 g/mol. The molecule has 4 atom stereocenters. The van der Waals surface area contributed by atoms with Gasteiger partial charge in [0.05, 0.1) is 18.8 Å². The number of hydrogen-bond donors (Lipinski definition) is 5. The van der Waals surface area contributed by atoms with Gasteiger partial charge < -0.3 is 25.7 Å². The van der Waals surface area contributed by atoms with Crippen LogP contribution in [0.4, 0.5) is 0 Å². The van der Waals surface area contributed by atoms with E-state index in [0.717, 1.165) is 44.9 Å². The van der Waals surface area contributed by atoms with Crippen molar-refractivity contribution in [2.45, 2.75) is 301 Å². The van der Waals surface area contributed by atoms with E-state index in [1.165, 1.54) is 205 Å². The normalized spacial score (nSPS) is 14.1. The number of nitrogens with one attached hydrogen (secondary N) is 1. The second-order valence-electron chi connectivity index (χ2n) is 18.2. The molecule has 0 radical (unpaired) electrons. The molecule has 0 aromatic carbocycles. The maximum absolute atomic E-state index is 12.6. The molecular formula is C53H103NO5. The number of rotatable bonds is 48. The van der Waals surface area contributed by atoms with Crippen LogP contribution in [0.25, 0.3) is 0 Å². The quantitative estimate of drug-likeness (QED) is 0.0310. The van der Waals surface area contributed by atoms with Crippen molar-refractivity contribution in [1.82, 2.24) is 5.32 Å². The van der Waals surface area contributed by atoms with E-state index in [2.05, 4.69) is 43.5 Å². The van der Waals surface area contributed by atoms with Gasteiger partial charge in [0.2, 0.25) is 5.91 Å². The second kappa shape index (κ2) is 47.8. The van der Waals surface area contributed by atoms with Crippen LogP contribution >= 0.6 is 0 Å². The largest absolute Gasteiger partial charge is 0.394 e. The summed E-state index contributed by atoms with van der Waals surface area (Å²) in [6.45, 7) is 4.08. The fraction of sp³-hybridized carbons (Fsp3) is 0.906. The van der Waals surface area contributed by atoms with Crippen molar-refractivity contribution in [3.63, 3.8) is 0 Å². The minimum Gasteiger partial charge on any atom is -0.394 e. The summed E-state index contributed by atoms with van der Waals surface area (Å²) in [6.07, 6.45) is 56.5. The number of amides is 1. The van der Waals surface area contributed by atoms with Crippen molar-refractivity contribution < 1.29 is 25.2 Å². The van der Waals surface area contributed by atoms with E-state index < -0.39 is 36.9 Å². The van der Waals surface area contributed by atoms with Crippen molar-refractivity contribution >= 4 is 5.91 Å². The molecule has 0 saturated heterocycles. The molecule has 6 nitrogen and oxygen atoms in total. The molecule has 0 rings (SSSR count). The van der Waals surface area contributed by atoms with E-state index in [4.69, 9.17) is 0 Å². The highest BCUT2D eigenvalue weighted by atomic mass is 16.3. The second-order valence-corrected chi connectivity index (χ2v) is 18.2. The summed E-state index contributed by atoms with van der Waals surface area (Å²) in [5.74, 6) is -0.585. The fourth-order valence-electron chi connectivity index (χ4n) is 8.26. The summed E-state index contributed by atoms with van der Waals surface area (Å²) >= 11 is 0. The van der Waals surface area contributed by atoms with Crippen molar-refractivity contribution in [1.29, 1.82) is 0 Å². The number of carbonyl (C=O) groups excluding carboxylic acids is 1. The number of aliphatic hydroxyl groups is 4. The summed E-state index contributed by atoms with van der Waals surface area (Å²) in [5.41, 5.74) is 0. The van der Waals surface area contributed by atoms with E-state index in [1.54, 1.807) is 0 Å². The van der Waals surface area contributed by atoms with Gasteiger partial charge in [0.25, 0.3) is 0 Å². The predicted octanol–water partition coefficient (Wildman–Crippen LogP) is 14.7. The highest BCUT2D eigenvalue weighted by molar-refractivity contribution is 5.80. The Balaban J connectivity index is 3.67. The highest BCUT2D eigenvalue weighted by Gasteiger charge is 2.28. The third kappa shape index (κ3) is 41.9. The maximum atomic E-state index is 12.6. The molecule has 6 heteroatoms. The van der Waals surface area contributed by atoms with E-state index in [1.807, 2.05) is 0 Å². The number of allylic oxidation sites excluding steroid dienone is 4. The van der Waals surface area contributed by atoms with Crippen LogP contribution in [0.15, 0.2) is 24.3 Å². The minimum absolute atomic E-state index is 0.364. The molecule has 5 N–H and O–H groups in total. The summed E-state index contributed by atoms with van der Waals surface area (Å²) in [6, 6.07) is -0.987. The summed E-state index contributed by atoms with van der Waals surface area (Å²) in [5, 5.41) is 43.9. The Kier molecular flexibility index (Phi) is 46.9. The zero-order chi connectivity index (χ0) is 43.1. The first-order chi connectivity index (χ1) is 29.0. The van der Waals surface area contributed by atoms with Crippen LogP contribution in [0, 0.1) is 0 Å². The lowest BCUT2D eigenvalue weighted by Crippen LogP contribution is -2.53. The molecule has 0 aliphatic heterocycles. The van der Waals surface area contributed by atoms with Crippen molar-refractivity contribution in [3.05, 3.63) is 24.3 Å². The predicted molar refractivity (Wildman–Crippen MR) is 256 cm³/mol. The topological polar surface area (TPSA) is 110 Å². The van der Waals surface area contributed by atoms with Crippen LogP contribution in [-0.4, -0.2) is 57.3 Å². The third-order valence-electron chi connectivity index (χ3n) is 12.4. The van der Waals surface area contributed by atoms with E-state index in [0.29, 0.717) is 12.8 Å². The standard InChI is InChI=1S/C53H103NO5/c1-3-5-7-9-11-13-15-17-19-21-23-24-25-26-27-29-31-33-35-37-39-41-43-45-47-51(57)53(59)54-49(48-55)52(58)50(56)46-44-42-40-38-36-34-32-30-28-22-20-18-16-14-12-10-8-6-4-2/h23-24,26-27,49-52,55-58H,3-22,25,28-48H2,1-2H3,(H,54,59)/b24-23-,27-26-. The van der Waals surface area contributed by atoms with Gasteiger partial charge in [-0.3, -0.25) is 4.79 Å². The molecule has 0 aromatic heterocycles. The van der Waals surface area contributed by atoms with Gasteiger partial charge in [-0.1, -0.05) is 256 Å². The number of carbonyl (C=O) groups is 1. The smallest absolute Gasteiger partial charge is 0.249 e. The van der Waals surface area contributed by atoms with Crippen LogP contribution in [0.5, 0.6) is 0 Å². The van der Waals surface area contributed by atoms with Gasteiger partial charge in [0.15, 0.2) is 0 Å². The average Bonchev–Trinajstić information content (AvgIpc) is 3.24. The van der Waals surface area contributed by atoms with Crippen molar-refractivity contribution in [3.8, 4) is 0 Å². The molecule has 0 spiro atoms. The molecule has 0 aliphatic carbocycles. The Morgan fingerprint density at radius 2 is 0.729 bits per heavy atom. The Morgan fingerprint density at radius 1 is 0.424 bits per heavy atom. The van der Waals surface area contributed by atoms with Crippen LogP contribution in [0.1, 0.15) is 277 Å². The highest BCUT2D eigenvalue weighted by Crippen LogP contribution is 2.17. The number of hydrogen-bond acceptors (Lipinski definition) is 5. The van der Waals surface area contributed by atoms with Gasteiger partial charge in [0.1, 0.15) is 12.2 Å². The fourth-order valence-corrected chi connectivity index (χ4v) is 8.26. The first-order valence-electron chi connectivity index (χ1n) is 26.2. The SMILES string of the molecule is CCCCCCCCCCC/C=C\C/C=C\CCCCCCCCCCC(O)C(=O)NC(CO)C(O)C(O)CCCCCCCCCCCCCCCCCCCCC. The molecule has 0 aromatic rings. The van der Waals surface area contributed by atoms with Gasteiger partial charge in [-0.25, -0.2) is 0 Å².